The van der Waals surface area contributed by atoms with Crippen LogP contribution in [0, 0.1) is 19.8 Å². The second kappa shape index (κ2) is 6.71. The van der Waals surface area contributed by atoms with Gasteiger partial charge in [0.1, 0.15) is 0 Å². The highest BCUT2D eigenvalue weighted by atomic mass is 16.3. The van der Waals surface area contributed by atoms with Gasteiger partial charge in [0.15, 0.2) is 0 Å². The summed E-state index contributed by atoms with van der Waals surface area (Å²) >= 11 is 0. The fourth-order valence-corrected chi connectivity index (χ4v) is 2.77. The Hall–Kier alpha value is -1.61. The lowest BCUT2D eigenvalue weighted by Crippen LogP contribution is -2.33. The molecule has 0 radical (unpaired) electrons. The molecule has 1 amide bonds. The summed E-state index contributed by atoms with van der Waals surface area (Å²) in [4.78, 5) is 11.9. The molecule has 2 rings (SSSR count). The molecule has 0 fully saturated rings. The van der Waals surface area contributed by atoms with Crippen LogP contribution in [0.1, 0.15) is 29.5 Å². The SMILES string of the molecule is Cc1cc(C)cc(CCC(=O)N[C@@H]2C=C[C@H](CO)C2)c1. The van der Waals surface area contributed by atoms with Crippen molar-refractivity contribution in [2.75, 3.05) is 6.61 Å². The highest BCUT2D eigenvalue weighted by molar-refractivity contribution is 5.76. The Bertz CT molecular complexity index is 487. The fraction of sp³-hybridized carbons (Fsp3) is 0.471. The van der Waals surface area contributed by atoms with Crippen molar-refractivity contribution in [1.29, 1.82) is 0 Å². The number of rotatable bonds is 5. The third-order valence-electron chi connectivity index (χ3n) is 3.68. The van der Waals surface area contributed by atoms with Crippen LogP contribution < -0.4 is 5.32 Å². The number of carbonyl (C=O) groups is 1. The van der Waals surface area contributed by atoms with Crippen molar-refractivity contribution < 1.29 is 9.90 Å². The molecule has 0 unspecified atom stereocenters. The molecule has 108 valence electrons. The number of hydrogen-bond donors (Lipinski definition) is 2. The van der Waals surface area contributed by atoms with E-state index in [-0.39, 0.29) is 24.5 Å². The molecule has 0 bridgehead atoms. The molecule has 1 aromatic carbocycles. The van der Waals surface area contributed by atoms with E-state index < -0.39 is 0 Å². The summed E-state index contributed by atoms with van der Waals surface area (Å²) in [6, 6.07) is 6.50. The summed E-state index contributed by atoms with van der Waals surface area (Å²) in [6.45, 7) is 4.31. The van der Waals surface area contributed by atoms with Gasteiger partial charge in [0, 0.05) is 25.0 Å². The van der Waals surface area contributed by atoms with Crippen molar-refractivity contribution in [3.8, 4) is 0 Å². The molecule has 0 heterocycles. The number of nitrogens with one attached hydrogen (secondary N) is 1. The van der Waals surface area contributed by atoms with Gasteiger partial charge in [0.05, 0.1) is 0 Å². The van der Waals surface area contributed by atoms with Crippen LogP contribution in [0.2, 0.25) is 0 Å². The lowest BCUT2D eigenvalue weighted by Gasteiger charge is -2.13. The molecule has 3 nitrogen and oxygen atoms in total. The van der Waals surface area contributed by atoms with E-state index in [1.807, 2.05) is 12.2 Å². The van der Waals surface area contributed by atoms with Crippen LogP contribution in [0.5, 0.6) is 0 Å². The largest absolute Gasteiger partial charge is 0.396 e. The van der Waals surface area contributed by atoms with Gasteiger partial charge in [-0.15, -0.1) is 0 Å². The zero-order valence-corrected chi connectivity index (χ0v) is 12.2. The third-order valence-corrected chi connectivity index (χ3v) is 3.68. The highest BCUT2D eigenvalue weighted by Crippen LogP contribution is 2.17. The minimum Gasteiger partial charge on any atom is -0.396 e. The van der Waals surface area contributed by atoms with Gasteiger partial charge < -0.3 is 10.4 Å². The van der Waals surface area contributed by atoms with Gasteiger partial charge in [-0.2, -0.15) is 0 Å². The first-order valence-corrected chi connectivity index (χ1v) is 7.22. The zero-order valence-electron chi connectivity index (χ0n) is 12.2. The molecule has 0 saturated heterocycles. The third kappa shape index (κ3) is 4.20. The Morgan fingerprint density at radius 3 is 2.55 bits per heavy atom. The average molecular weight is 273 g/mol. The fourth-order valence-electron chi connectivity index (χ4n) is 2.77. The van der Waals surface area contributed by atoms with E-state index in [2.05, 4.69) is 37.4 Å². The van der Waals surface area contributed by atoms with Crippen LogP contribution in [-0.2, 0) is 11.2 Å². The Kier molecular flexibility index (Phi) is 4.96. The topological polar surface area (TPSA) is 49.3 Å². The molecule has 1 aliphatic carbocycles. The second-order valence-electron chi connectivity index (χ2n) is 5.73. The lowest BCUT2D eigenvalue weighted by atomic mass is 10.0. The van der Waals surface area contributed by atoms with Crippen molar-refractivity contribution in [3.63, 3.8) is 0 Å². The molecule has 0 saturated carbocycles. The summed E-state index contributed by atoms with van der Waals surface area (Å²) in [7, 11) is 0. The van der Waals surface area contributed by atoms with Gasteiger partial charge in [-0.3, -0.25) is 4.79 Å². The Labute approximate surface area is 120 Å². The smallest absolute Gasteiger partial charge is 0.220 e. The van der Waals surface area contributed by atoms with Crippen molar-refractivity contribution in [3.05, 3.63) is 47.0 Å². The van der Waals surface area contributed by atoms with Gasteiger partial charge in [-0.1, -0.05) is 41.5 Å². The number of aryl methyl sites for hydroxylation is 3. The normalized spacial score (nSPS) is 21.1. The Balaban J connectivity index is 1.79. The van der Waals surface area contributed by atoms with E-state index in [0.717, 1.165) is 12.8 Å². The predicted molar refractivity (Wildman–Crippen MR) is 80.5 cm³/mol. The van der Waals surface area contributed by atoms with Gasteiger partial charge in [0.25, 0.3) is 0 Å². The van der Waals surface area contributed by atoms with E-state index in [9.17, 15) is 4.79 Å². The summed E-state index contributed by atoms with van der Waals surface area (Å²) in [5.41, 5.74) is 3.70. The summed E-state index contributed by atoms with van der Waals surface area (Å²) in [5, 5.41) is 12.1. The molecule has 2 N–H and O–H groups in total. The van der Waals surface area contributed by atoms with Crippen LogP contribution in [0.4, 0.5) is 0 Å². The molecule has 0 aliphatic heterocycles. The standard InChI is InChI=1S/C17H23NO2/c1-12-7-13(2)9-14(8-12)4-6-17(20)18-16-5-3-15(10-16)11-19/h3,5,7-9,15-16,19H,4,6,10-11H2,1-2H3,(H,18,20)/t15-,16+/m0/s1. The number of aliphatic hydroxyl groups is 1. The zero-order chi connectivity index (χ0) is 14.5. The van der Waals surface area contributed by atoms with Gasteiger partial charge >= 0.3 is 0 Å². The highest BCUT2D eigenvalue weighted by Gasteiger charge is 2.19. The quantitative estimate of drug-likeness (QED) is 0.809. The van der Waals surface area contributed by atoms with Crippen LogP contribution in [0.15, 0.2) is 30.4 Å². The summed E-state index contributed by atoms with van der Waals surface area (Å²) in [5.74, 6) is 0.275. The molecule has 1 aliphatic rings. The number of aliphatic hydroxyl groups excluding tert-OH is 1. The van der Waals surface area contributed by atoms with Crippen LogP contribution in [-0.4, -0.2) is 23.7 Å². The molecule has 20 heavy (non-hydrogen) atoms. The molecule has 3 heteroatoms. The summed E-state index contributed by atoms with van der Waals surface area (Å²) in [6.07, 6.45) is 6.06. The lowest BCUT2D eigenvalue weighted by molar-refractivity contribution is -0.121. The average Bonchev–Trinajstić information content (AvgIpc) is 2.83. The van der Waals surface area contributed by atoms with Crippen molar-refractivity contribution in [1.82, 2.24) is 5.32 Å². The van der Waals surface area contributed by atoms with E-state index >= 15 is 0 Å². The molecule has 0 spiro atoms. The maximum Gasteiger partial charge on any atom is 0.220 e. The molecule has 0 aromatic heterocycles. The Morgan fingerprint density at radius 2 is 1.95 bits per heavy atom. The van der Waals surface area contributed by atoms with Crippen molar-refractivity contribution in [2.24, 2.45) is 5.92 Å². The number of carbonyl (C=O) groups excluding carboxylic acids is 1. The van der Waals surface area contributed by atoms with Crippen LogP contribution in [0.25, 0.3) is 0 Å². The molecule has 1 aromatic rings. The van der Waals surface area contributed by atoms with Gasteiger partial charge in [0.2, 0.25) is 5.91 Å². The first kappa shape index (κ1) is 14.8. The first-order valence-electron chi connectivity index (χ1n) is 7.22. The van der Waals surface area contributed by atoms with E-state index in [4.69, 9.17) is 5.11 Å². The minimum absolute atomic E-state index is 0.0809. The van der Waals surface area contributed by atoms with Gasteiger partial charge in [-0.25, -0.2) is 0 Å². The monoisotopic (exact) mass is 273 g/mol. The molecule has 2 atom stereocenters. The maximum atomic E-state index is 11.9. The number of hydrogen-bond acceptors (Lipinski definition) is 2. The first-order chi connectivity index (χ1) is 9.56. The molecular formula is C17H23NO2. The van der Waals surface area contributed by atoms with Crippen molar-refractivity contribution >= 4 is 5.91 Å². The maximum absolute atomic E-state index is 11.9. The second-order valence-corrected chi connectivity index (χ2v) is 5.73. The van der Waals surface area contributed by atoms with E-state index in [1.54, 1.807) is 0 Å². The van der Waals surface area contributed by atoms with E-state index in [0.29, 0.717) is 6.42 Å². The minimum atomic E-state index is 0.0809. The predicted octanol–water partition coefficient (Wildman–Crippen LogP) is 2.29. The van der Waals surface area contributed by atoms with Gasteiger partial charge in [-0.05, 0) is 32.3 Å². The van der Waals surface area contributed by atoms with Crippen LogP contribution in [0.3, 0.4) is 0 Å². The number of amides is 1. The summed E-state index contributed by atoms with van der Waals surface area (Å²) < 4.78 is 0. The van der Waals surface area contributed by atoms with E-state index in [1.165, 1.54) is 16.7 Å². The Morgan fingerprint density at radius 1 is 1.25 bits per heavy atom. The van der Waals surface area contributed by atoms with Crippen LogP contribution >= 0.6 is 0 Å². The molecular weight excluding hydrogens is 250 g/mol. The van der Waals surface area contributed by atoms with Crippen molar-refractivity contribution in [2.45, 2.75) is 39.2 Å². The number of benzene rings is 1.